The minimum atomic E-state index is 0.765. The summed E-state index contributed by atoms with van der Waals surface area (Å²) in [5.74, 6) is 0. The fraction of sp³-hybridized carbons (Fsp3) is 0.455. The molecule has 0 amide bonds. The van der Waals surface area contributed by atoms with Crippen molar-refractivity contribution in [2.75, 3.05) is 18.4 Å². The van der Waals surface area contributed by atoms with E-state index in [1.54, 1.807) is 0 Å². The first kappa shape index (κ1) is 11.3. The molecule has 0 radical (unpaired) electrons. The molecule has 0 unspecified atom stereocenters. The number of nitrogens with two attached hydrogens (primary N) is 1. The molecule has 1 rings (SSSR count). The Kier molecular flexibility index (Phi) is 4.77. The molecule has 0 aliphatic rings. The predicted octanol–water partition coefficient (Wildman–Crippen LogP) is 2.80. The number of hydrogen-bond donors (Lipinski definition) is 2. The zero-order valence-electron chi connectivity index (χ0n) is 8.52. The average Bonchev–Trinajstić information content (AvgIpc) is 2.15. The van der Waals surface area contributed by atoms with Gasteiger partial charge in [-0.05, 0) is 50.1 Å². The molecule has 0 saturated heterocycles. The van der Waals surface area contributed by atoms with E-state index in [1.165, 1.54) is 5.56 Å². The summed E-state index contributed by atoms with van der Waals surface area (Å²) in [7, 11) is 0. The maximum absolute atomic E-state index is 5.86. The first-order chi connectivity index (χ1) is 6.74. The van der Waals surface area contributed by atoms with Crippen molar-refractivity contribution in [3.05, 3.63) is 28.8 Å². The number of hydrogen-bond acceptors (Lipinski definition) is 2. The molecule has 3 N–H and O–H groups in total. The first-order valence-corrected chi connectivity index (χ1v) is 5.32. The van der Waals surface area contributed by atoms with Gasteiger partial charge in [0.05, 0.1) is 0 Å². The highest BCUT2D eigenvalue weighted by atomic mass is 35.5. The van der Waals surface area contributed by atoms with Crippen LogP contribution >= 0.6 is 11.6 Å². The van der Waals surface area contributed by atoms with E-state index >= 15 is 0 Å². The van der Waals surface area contributed by atoms with Crippen molar-refractivity contribution >= 4 is 17.3 Å². The number of rotatable bonds is 5. The Morgan fingerprint density at radius 2 is 2.14 bits per heavy atom. The normalized spacial score (nSPS) is 10.2. The number of anilines is 1. The summed E-state index contributed by atoms with van der Waals surface area (Å²) < 4.78 is 0. The largest absolute Gasteiger partial charge is 0.385 e. The number of aryl methyl sites for hydroxylation is 1. The number of unbranched alkanes of at least 4 members (excludes halogenated alkanes) is 1. The lowest BCUT2D eigenvalue weighted by molar-refractivity contribution is 0.774. The molecular formula is C11H17ClN2. The van der Waals surface area contributed by atoms with Crippen molar-refractivity contribution < 1.29 is 0 Å². The Balaban J connectivity index is 2.42. The molecule has 0 aromatic heterocycles. The molecule has 14 heavy (non-hydrogen) atoms. The summed E-state index contributed by atoms with van der Waals surface area (Å²) in [5, 5.41) is 4.15. The quantitative estimate of drug-likeness (QED) is 0.737. The van der Waals surface area contributed by atoms with Gasteiger partial charge in [0.15, 0.2) is 0 Å². The first-order valence-electron chi connectivity index (χ1n) is 4.94. The van der Waals surface area contributed by atoms with Crippen LogP contribution in [0, 0.1) is 6.92 Å². The summed E-state index contributed by atoms with van der Waals surface area (Å²) in [5.41, 5.74) is 7.76. The van der Waals surface area contributed by atoms with Crippen LogP contribution < -0.4 is 11.1 Å². The van der Waals surface area contributed by atoms with Crippen LogP contribution in [-0.4, -0.2) is 13.1 Å². The van der Waals surface area contributed by atoms with E-state index in [1.807, 2.05) is 18.2 Å². The summed E-state index contributed by atoms with van der Waals surface area (Å²) in [6.07, 6.45) is 2.18. The second-order valence-corrected chi connectivity index (χ2v) is 3.82. The summed E-state index contributed by atoms with van der Waals surface area (Å²) in [6.45, 7) is 3.79. The molecule has 0 saturated carbocycles. The van der Waals surface area contributed by atoms with Gasteiger partial charge in [0, 0.05) is 17.3 Å². The number of halogens is 1. The van der Waals surface area contributed by atoms with Gasteiger partial charge < -0.3 is 11.1 Å². The predicted molar refractivity (Wildman–Crippen MR) is 63.0 cm³/mol. The van der Waals surface area contributed by atoms with Crippen LogP contribution in [0.15, 0.2) is 18.2 Å². The zero-order chi connectivity index (χ0) is 10.4. The lowest BCUT2D eigenvalue weighted by Crippen LogP contribution is -2.06. The summed E-state index contributed by atoms with van der Waals surface area (Å²) in [4.78, 5) is 0. The van der Waals surface area contributed by atoms with Crippen molar-refractivity contribution in [1.29, 1.82) is 0 Å². The highest BCUT2D eigenvalue weighted by Gasteiger charge is 1.97. The highest BCUT2D eigenvalue weighted by molar-refractivity contribution is 6.30. The number of benzene rings is 1. The molecule has 0 bridgehead atoms. The summed E-state index contributed by atoms with van der Waals surface area (Å²) >= 11 is 5.86. The zero-order valence-corrected chi connectivity index (χ0v) is 9.27. The van der Waals surface area contributed by atoms with Crippen molar-refractivity contribution in [2.24, 2.45) is 5.73 Å². The lowest BCUT2D eigenvalue weighted by Gasteiger charge is -2.09. The van der Waals surface area contributed by atoms with Gasteiger partial charge in [0.2, 0.25) is 0 Å². The van der Waals surface area contributed by atoms with E-state index < -0.39 is 0 Å². The smallest absolute Gasteiger partial charge is 0.0410 e. The minimum Gasteiger partial charge on any atom is -0.385 e. The van der Waals surface area contributed by atoms with Gasteiger partial charge in [-0.1, -0.05) is 11.6 Å². The molecule has 2 nitrogen and oxygen atoms in total. The third-order valence-electron chi connectivity index (χ3n) is 2.13. The van der Waals surface area contributed by atoms with E-state index in [0.29, 0.717) is 0 Å². The Bertz CT molecular complexity index is 287. The van der Waals surface area contributed by atoms with Crippen LogP contribution in [0.5, 0.6) is 0 Å². The SMILES string of the molecule is Cc1cc(Cl)ccc1NCCCCN. The molecule has 1 aromatic rings. The Labute approximate surface area is 90.4 Å². The Hall–Kier alpha value is -0.730. The van der Waals surface area contributed by atoms with Crippen molar-refractivity contribution in [1.82, 2.24) is 0 Å². The molecule has 3 heteroatoms. The third kappa shape index (κ3) is 3.56. The van der Waals surface area contributed by atoms with Crippen LogP contribution in [0.1, 0.15) is 18.4 Å². The van der Waals surface area contributed by atoms with Crippen LogP contribution in [0.25, 0.3) is 0 Å². The maximum Gasteiger partial charge on any atom is 0.0410 e. The molecule has 0 aliphatic carbocycles. The fourth-order valence-electron chi connectivity index (χ4n) is 1.32. The van der Waals surface area contributed by atoms with Gasteiger partial charge in [-0.2, -0.15) is 0 Å². The van der Waals surface area contributed by atoms with Crippen LogP contribution in [-0.2, 0) is 0 Å². The van der Waals surface area contributed by atoms with Crippen molar-refractivity contribution in [3.8, 4) is 0 Å². The minimum absolute atomic E-state index is 0.765. The third-order valence-corrected chi connectivity index (χ3v) is 2.37. The maximum atomic E-state index is 5.86. The van der Waals surface area contributed by atoms with Gasteiger partial charge in [0.1, 0.15) is 0 Å². The van der Waals surface area contributed by atoms with Gasteiger partial charge in [-0.25, -0.2) is 0 Å². The van der Waals surface area contributed by atoms with E-state index in [-0.39, 0.29) is 0 Å². The second kappa shape index (κ2) is 5.89. The molecule has 0 fully saturated rings. The average molecular weight is 213 g/mol. The summed E-state index contributed by atoms with van der Waals surface area (Å²) in [6, 6.07) is 5.88. The molecule has 0 heterocycles. The standard InChI is InChI=1S/C11H17ClN2/c1-9-8-10(12)4-5-11(9)14-7-3-2-6-13/h4-5,8,14H,2-3,6-7,13H2,1H3. The van der Waals surface area contributed by atoms with Crippen LogP contribution in [0.2, 0.25) is 5.02 Å². The Morgan fingerprint density at radius 1 is 1.36 bits per heavy atom. The molecule has 0 atom stereocenters. The van der Waals surface area contributed by atoms with Gasteiger partial charge >= 0.3 is 0 Å². The molecule has 0 spiro atoms. The fourth-order valence-corrected chi connectivity index (χ4v) is 1.54. The molecular weight excluding hydrogens is 196 g/mol. The molecule has 1 aromatic carbocycles. The van der Waals surface area contributed by atoms with E-state index in [2.05, 4.69) is 12.2 Å². The number of nitrogens with one attached hydrogen (secondary N) is 1. The van der Waals surface area contributed by atoms with Crippen LogP contribution in [0.3, 0.4) is 0 Å². The van der Waals surface area contributed by atoms with Crippen molar-refractivity contribution in [3.63, 3.8) is 0 Å². The van der Waals surface area contributed by atoms with Gasteiger partial charge in [-0.15, -0.1) is 0 Å². The monoisotopic (exact) mass is 212 g/mol. The topological polar surface area (TPSA) is 38.0 Å². The molecule has 78 valence electrons. The highest BCUT2D eigenvalue weighted by Crippen LogP contribution is 2.19. The van der Waals surface area contributed by atoms with E-state index in [0.717, 1.165) is 36.6 Å². The molecule has 0 aliphatic heterocycles. The van der Waals surface area contributed by atoms with E-state index in [9.17, 15) is 0 Å². The Morgan fingerprint density at radius 3 is 2.79 bits per heavy atom. The van der Waals surface area contributed by atoms with Crippen LogP contribution in [0.4, 0.5) is 5.69 Å². The van der Waals surface area contributed by atoms with Crippen molar-refractivity contribution in [2.45, 2.75) is 19.8 Å². The van der Waals surface area contributed by atoms with Gasteiger partial charge in [-0.3, -0.25) is 0 Å². The lowest BCUT2D eigenvalue weighted by atomic mass is 10.2. The second-order valence-electron chi connectivity index (χ2n) is 3.38. The van der Waals surface area contributed by atoms with E-state index in [4.69, 9.17) is 17.3 Å². The van der Waals surface area contributed by atoms with Gasteiger partial charge in [0.25, 0.3) is 0 Å².